The summed E-state index contributed by atoms with van der Waals surface area (Å²) in [6.45, 7) is 3.25. The molecule has 0 fully saturated rings. The number of hydrogen-bond acceptors (Lipinski definition) is 4. The Kier molecular flexibility index (Phi) is 5.42. The normalized spacial score (nSPS) is 10.2. The van der Waals surface area contributed by atoms with Gasteiger partial charge in [0.2, 0.25) is 5.91 Å². The molecule has 0 aromatic carbocycles. The lowest BCUT2D eigenvalue weighted by Crippen LogP contribution is -2.37. The molecule has 0 saturated carbocycles. The molecule has 5 nitrogen and oxygen atoms in total. The molecular weight excluding hydrogens is 228 g/mol. The van der Waals surface area contributed by atoms with Crippen LogP contribution in [0.15, 0.2) is 18.3 Å². The summed E-state index contributed by atoms with van der Waals surface area (Å²) >= 11 is 0. The first-order valence-electron chi connectivity index (χ1n) is 6.21. The van der Waals surface area contributed by atoms with E-state index in [1.165, 1.54) is 0 Å². The van der Waals surface area contributed by atoms with Crippen LogP contribution in [0.25, 0.3) is 0 Å². The number of aromatic nitrogens is 1. The zero-order valence-electron chi connectivity index (χ0n) is 11.4. The minimum absolute atomic E-state index is 0.101. The number of anilines is 2. The number of carbonyl (C=O) groups excluding carboxylic acids is 1. The average molecular weight is 250 g/mol. The fraction of sp³-hybridized carbons (Fsp3) is 0.538. The first-order valence-corrected chi connectivity index (χ1v) is 6.21. The third-order valence-electron chi connectivity index (χ3n) is 2.81. The summed E-state index contributed by atoms with van der Waals surface area (Å²) in [5.74, 6) is 0.853. The van der Waals surface area contributed by atoms with Crippen molar-refractivity contribution in [3.8, 4) is 0 Å². The van der Waals surface area contributed by atoms with Crippen LogP contribution in [0.4, 0.5) is 11.5 Å². The summed E-state index contributed by atoms with van der Waals surface area (Å²) < 4.78 is 0. The van der Waals surface area contributed by atoms with Crippen LogP contribution >= 0.6 is 0 Å². The van der Waals surface area contributed by atoms with Gasteiger partial charge in [-0.1, -0.05) is 13.3 Å². The number of likely N-dealkylation sites (N-methyl/N-ethyl adjacent to an activating group) is 2. The summed E-state index contributed by atoms with van der Waals surface area (Å²) in [7, 11) is 3.69. The van der Waals surface area contributed by atoms with Crippen molar-refractivity contribution in [3.05, 3.63) is 18.3 Å². The number of carbonyl (C=O) groups is 1. The summed E-state index contributed by atoms with van der Waals surface area (Å²) in [5.41, 5.74) is 6.20. The summed E-state index contributed by atoms with van der Waals surface area (Å²) in [6, 6.07) is 3.60. The molecule has 5 heteroatoms. The van der Waals surface area contributed by atoms with Gasteiger partial charge < -0.3 is 15.5 Å². The number of hydrogen-bond donors (Lipinski definition) is 1. The Bertz CT molecular complexity index is 377. The van der Waals surface area contributed by atoms with E-state index < -0.39 is 0 Å². The molecule has 0 unspecified atom stereocenters. The van der Waals surface area contributed by atoms with Crippen molar-refractivity contribution in [2.45, 2.75) is 19.8 Å². The van der Waals surface area contributed by atoms with Gasteiger partial charge in [-0.05, 0) is 18.6 Å². The van der Waals surface area contributed by atoms with Gasteiger partial charge in [0.25, 0.3) is 0 Å². The second-order valence-corrected chi connectivity index (χ2v) is 4.47. The Hall–Kier alpha value is -1.78. The highest BCUT2D eigenvalue weighted by molar-refractivity contribution is 5.80. The second kappa shape index (κ2) is 6.83. The van der Waals surface area contributed by atoms with Crippen LogP contribution in [0.1, 0.15) is 19.8 Å². The molecule has 100 valence electrons. The van der Waals surface area contributed by atoms with Crippen molar-refractivity contribution < 1.29 is 4.79 Å². The first kappa shape index (κ1) is 14.3. The zero-order valence-corrected chi connectivity index (χ0v) is 11.4. The third kappa shape index (κ3) is 4.24. The van der Waals surface area contributed by atoms with Crippen LogP contribution < -0.4 is 10.6 Å². The van der Waals surface area contributed by atoms with Crippen molar-refractivity contribution in [2.75, 3.05) is 37.8 Å². The molecular formula is C13H22N4O. The predicted molar refractivity (Wildman–Crippen MR) is 74.5 cm³/mol. The Morgan fingerprint density at radius 1 is 1.39 bits per heavy atom. The lowest BCUT2D eigenvalue weighted by molar-refractivity contribution is -0.128. The van der Waals surface area contributed by atoms with Gasteiger partial charge in [0, 0.05) is 20.6 Å². The van der Waals surface area contributed by atoms with E-state index in [0.717, 1.165) is 25.2 Å². The fourth-order valence-corrected chi connectivity index (χ4v) is 1.55. The molecule has 0 bridgehead atoms. The topological polar surface area (TPSA) is 62.5 Å². The molecule has 0 saturated heterocycles. The van der Waals surface area contributed by atoms with E-state index >= 15 is 0 Å². The van der Waals surface area contributed by atoms with E-state index in [4.69, 9.17) is 5.73 Å². The number of unbranched alkanes of at least 4 members (excludes halogenated alkanes) is 1. The standard InChI is InChI=1S/C13H22N4O/c1-4-5-8-16(2)13(18)10-17(3)12-7-6-11(14)9-15-12/h6-7,9H,4-5,8,10,14H2,1-3H3. The van der Waals surface area contributed by atoms with Crippen LogP contribution in [0.3, 0.4) is 0 Å². The van der Waals surface area contributed by atoms with Crippen LogP contribution in [0, 0.1) is 0 Å². The van der Waals surface area contributed by atoms with Gasteiger partial charge in [0.15, 0.2) is 0 Å². The van der Waals surface area contributed by atoms with Crippen molar-refractivity contribution >= 4 is 17.4 Å². The van der Waals surface area contributed by atoms with Gasteiger partial charge >= 0.3 is 0 Å². The summed E-state index contributed by atoms with van der Waals surface area (Å²) in [5, 5.41) is 0. The van der Waals surface area contributed by atoms with E-state index in [1.807, 2.05) is 25.1 Å². The van der Waals surface area contributed by atoms with E-state index in [0.29, 0.717) is 12.2 Å². The monoisotopic (exact) mass is 250 g/mol. The SMILES string of the molecule is CCCCN(C)C(=O)CN(C)c1ccc(N)cn1. The van der Waals surface area contributed by atoms with E-state index in [1.54, 1.807) is 17.2 Å². The second-order valence-electron chi connectivity index (χ2n) is 4.47. The fourth-order valence-electron chi connectivity index (χ4n) is 1.55. The maximum Gasteiger partial charge on any atom is 0.241 e. The lowest BCUT2D eigenvalue weighted by Gasteiger charge is -2.22. The predicted octanol–water partition coefficient (Wildman–Crippen LogP) is 1.36. The molecule has 2 N–H and O–H groups in total. The maximum atomic E-state index is 11.9. The van der Waals surface area contributed by atoms with E-state index in [-0.39, 0.29) is 5.91 Å². The number of pyridine rings is 1. The summed E-state index contributed by atoms with van der Waals surface area (Å²) in [6.07, 6.45) is 3.72. The highest BCUT2D eigenvalue weighted by Crippen LogP contribution is 2.10. The molecule has 18 heavy (non-hydrogen) atoms. The quantitative estimate of drug-likeness (QED) is 0.828. The Balaban J connectivity index is 2.51. The lowest BCUT2D eigenvalue weighted by atomic mass is 10.3. The van der Waals surface area contributed by atoms with E-state index in [9.17, 15) is 4.79 Å². The highest BCUT2D eigenvalue weighted by Gasteiger charge is 2.12. The van der Waals surface area contributed by atoms with E-state index in [2.05, 4.69) is 11.9 Å². The zero-order chi connectivity index (χ0) is 13.5. The highest BCUT2D eigenvalue weighted by atomic mass is 16.2. The van der Waals surface area contributed by atoms with Gasteiger partial charge in [-0.25, -0.2) is 4.98 Å². The molecule has 0 aliphatic carbocycles. The Morgan fingerprint density at radius 2 is 2.11 bits per heavy atom. The van der Waals surface area contributed by atoms with Crippen molar-refractivity contribution in [1.82, 2.24) is 9.88 Å². The molecule has 1 rings (SSSR count). The van der Waals surface area contributed by atoms with Gasteiger partial charge in [0.05, 0.1) is 18.4 Å². The number of nitrogen functional groups attached to an aromatic ring is 1. The molecule has 1 aromatic rings. The van der Waals surface area contributed by atoms with Crippen LogP contribution in [0.5, 0.6) is 0 Å². The molecule has 0 spiro atoms. The van der Waals surface area contributed by atoms with Gasteiger partial charge in [-0.3, -0.25) is 4.79 Å². The Labute approximate surface area is 109 Å². The molecule has 0 aliphatic rings. The molecule has 0 aliphatic heterocycles. The smallest absolute Gasteiger partial charge is 0.241 e. The van der Waals surface area contributed by atoms with Crippen molar-refractivity contribution in [1.29, 1.82) is 0 Å². The van der Waals surface area contributed by atoms with Crippen molar-refractivity contribution in [3.63, 3.8) is 0 Å². The summed E-state index contributed by atoms with van der Waals surface area (Å²) in [4.78, 5) is 19.7. The third-order valence-corrected chi connectivity index (χ3v) is 2.81. The Morgan fingerprint density at radius 3 is 2.67 bits per heavy atom. The minimum atomic E-state index is 0.101. The molecule has 1 heterocycles. The van der Waals surface area contributed by atoms with Gasteiger partial charge in [-0.2, -0.15) is 0 Å². The molecule has 1 aromatic heterocycles. The maximum absolute atomic E-state index is 11.9. The average Bonchev–Trinajstić information content (AvgIpc) is 2.36. The van der Waals surface area contributed by atoms with Crippen LogP contribution in [-0.2, 0) is 4.79 Å². The first-order chi connectivity index (χ1) is 8.54. The number of nitrogens with zero attached hydrogens (tertiary/aromatic N) is 3. The van der Waals surface area contributed by atoms with Crippen LogP contribution in [0.2, 0.25) is 0 Å². The molecule has 0 atom stereocenters. The number of amides is 1. The molecule has 1 amide bonds. The largest absolute Gasteiger partial charge is 0.397 e. The molecule has 0 radical (unpaired) electrons. The number of nitrogens with two attached hydrogens (primary N) is 1. The van der Waals surface area contributed by atoms with Gasteiger partial charge in [0.1, 0.15) is 5.82 Å². The number of rotatable bonds is 6. The van der Waals surface area contributed by atoms with Gasteiger partial charge in [-0.15, -0.1) is 0 Å². The van der Waals surface area contributed by atoms with Crippen LogP contribution in [-0.4, -0.2) is 43.0 Å². The minimum Gasteiger partial charge on any atom is -0.397 e. The van der Waals surface area contributed by atoms with Crippen molar-refractivity contribution in [2.24, 2.45) is 0 Å².